The summed E-state index contributed by atoms with van der Waals surface area (Å²) in [5.74, 6) is 0.502. The summed E-state index contributed by atoms with van der Waals surface area (Å²) in [6.07, 6.45) is 0.885. The van der Waals surface area contributed by atoms with Crippen molar-refractivity contribution in [2.45, 2.75) is 50.7 Å². The third kappa shape index (κ3) is 4.59. The maximum atomic E-state index is 13.5. The number of fused-ring (bicyclic) bond motifs is 2. The molecule has 1 saturated heterocycles. The molecule has 1 fully saturated rings. The Kier molecular flexibility index (Phi) is 6.27. The number of carbonyl (C=O) groups is 1. The largest absolute Gasteiger partial charge is 0.487 e. The SMILES string of the molecule is CN(C)CCN1[C@@H]2CCN(C(=O)C(C)(C)C)CC[C@H]2Oc2ccccc2S1(=O)=O. The summed E-state index contributed by atoms with van der Waals surface area (Å²) in [4.78, 5) is 16.9. The lowest BCUT2D eigenvalue weighted by Gasteiger charge is -2.32. The van der Waals surface area contributed by atoms with Crippen LogP contribution in [0.15, 0.2) is 29.2 Å². The molecule has 0 aromatic heterocycles. The first kappa shape index (κ1) is 22.1. The average molecular weight is 424 g/mol. The highest BCUT2D eigenvalue weighted by Gasteiger charge is 2.44. The van der Waals surface area contributed by atoms with E-state index in [1.54, 1.807) is 28.6 Å². The van der Waals surface area contributed by atoms with E-state index in [2.05, 4.69) is 0 Å². The Balaban J connectivity index is 1.97. The van der Waals surface area contributed by atoms with E-state index in [1.165, 1.54) is 0 Å². The Hall–Kier alpha value is -1.64. The van der Waals surface area contributed by atoms with Crippen molar-refractivity contribution in [3.63, 3.8) is 0 Å². The third-order valence-corrected chi connectivity index (χ3v) is 7.55. The van der Waals surface area contributed by atoms with Gasteiger partial charge in [0.1, 0.15) is 16.7 Å². The molecule has 2 heterocycles. The highest BCUT2D eigenvalue weighted by atomic mass is 32.2. The second-order valence-electron chi connectivity index (χ2n) is 9.21. The number of ether oxygens (including phenoxy) is 1. The summed E-state index contributed by atoms with van der Waals surface area (Å²) in [6.45, 7) is 7.86. The topological polar surface area (TPSA) is 70.2 Å². The van der Waals surface area contributed by atoms with Crippen molar-refractivity contribution in [2.24, 2.45) is 5.41 Å². The van der Waals surface area contributed by atoms with E-state index >= 15 is 0 Å². The summed E-state index contributed by atoms with van der Waals surface area (Å²) in [6, 6.07) is 6.57. The normalized spacial score (nSPS) is 24.8. The van der Waals surface area contributed by atoms with Crippen molar-refractivity contribution in [1.82, 2.24) is 14.1 Å². The van der Waals surface area contributed by atoms with E-state index in [0.29, 0.717) is 44.8 Å². The van der Waals surface area contributed by atoms with Crippen LogP contribution in [0.1, 0.15) is 33.6 Å². The van der Waals surface area contributed by atoms with E-state index in [1.807, 2.05) is 44.7 Å². The molecule has 0 unspecified atom stereocenters. The molecule has 0 N–H and O–H groups in total. The molecule has 0 saturated carbocycles. The fourth-order valence-electron chi connectivity index (χ4n) is 4.02. The number of likely N-dealkylation sites (tertiary alicyclic amines) is 1. The Morgan fingerprint density at radius 1 is 1.17 bits per heavy atom. The summed E-state index contributed by atoms with van der Waals surface area (Å²) in [7, 11) is 0.178. The van der Waals surface area contributed by atoms with Crippen LogP contribution >= 0.6 is 0 Å². The van der Waals surface area contributed by atoms with Crippen molar-refractivity contribution >= 4 is 15.9 Å². The van der Waals surface area contributed by atoms with E-state index in [-0.39, 0.29) is 22.9 Å². The minimum atomic E-state index is -3.69. The number of sulfonamides is 1. The van der Waals surface area contributed by atoms with Gasteiger partial charge in [0.05, 0.1) is 6.04 Å². The fraction of sp³-hybridized carbons (Fsp3) is 0.667. The summed E-state index contributed by atoms with van der Waals surface area (Å²) in [5.41, 5.74) is -0.462. The number of carbonyl (C=O) groups excluding carboxylic acids is 1. The zero-order valence-corrected chi connectivity index (χ0v) is 18.9. The molecular weight excluding hydrogens is 390 g/mol. The van der Waals surface area contributed by atoms with Crippen molar-refractivity contribution in [3.8, 4) is 5.75 Å². The fourth-order valence-corrected chi connectivity index (χ4v) is 5.81. The smallest absolute Gasteiger partial charge is 0.247 e. The Morgan fingerprint density at radius 3 is 2.48 bits per heavy atom. The number of benzene rings is 1. The first-order valence-electron chi connectivity index (χ1n) is 10.2. The molecule has 3 rings (SSSR count). The molecule has 2 atom stereocenters. The molecule has 0 bridgehead atoms. The molecule has 1 amide bonds. The molecule has 2 aliphatic heterocycles. The van der Waals surface area contributed by atoms with Crippen LogP contribution in [0.5, 0.6) is 5.75 Å². The standard InChI is InChI=1S/C21H33N3O4S/c1-21(2,3)20(25)23-12-10-16-17(11-13-23)28-18-8-6-7-9-19(18)29(26,27)24(16)15-14-22(4)5/h6-9,16-17H,10-15H2,1-5H3/t16-,17-/m1/s1. The van der Waals surface area contributed by atoms with Gasteiger partial charge >= 0.3 is 0 Å². The van der Waals surface area contributed by atoms with Gasteiger partial charge in [-0.15, -0.1) is 0 Å². The Bertz CT molecular complexity index is 848. The predicted molar refractivity (Wildman–Crippen MR) is 112 cm³/mol. The van der Waals surface area contributed by atoms with Crippen molar-refractivity contribution in [1.29, 1.82) is 0 Å². The van der Waals surface area contributed by atoms with Gasteiger partial charge in [-0.25, -0.2) is 8.42 Å². The molecule has 0 aliphatic carbocycles. The Labute approximate surface area is 174 Å². The molecular formula is C21H33N3O4S. The van der Waals surface area contributed by atoms with Crippen molar-refractivity contribution in [2.75, 3.05) is 40.3 Å². The highest BCUT2D eigenvalue weighted by Crippen LogP contribution is 2.36. The summed E-state index contributed by atoms with van der Waals surface area (Å²) in [5, 5.41) is 0. The number of hydrogen-bond donors (Lipinski definition) is 0. The number of hydrogen-bond acceptors (Lipinski definition) is 5. The predicted octanol–water partition coefficient (Wildman–Crippen LogP) is 2.04. The first-order chi connectivity index (χ1) is 13.5. The van der Waals surface area contributed by atoms with Crippen LogP contribution in [-0.4, -0.2) is 80.9 Å². The molecule has 29 heavy (non-hydrogen) atoms. The second-order valence-corrected chi connectivity index (χ2v) is 11.1. The van der Waals surface area contributed by atoms with Gasteiger partial charge in [-0.2, -0.15) is 4.31 Å². The second kappa shape index (κ2) is 8.24. The minimum absolute atomic E-state index is 0.0945. The molecule has 2 aliphatic rings. The lowest BCUT2D eigenvalue weighted by atomic mass is 9.94. The van der Waals surface area contributed by atoms with Gasteiger partial charge in [0.15, 0.2) is 0 Å². The van der Waals surface area contributed by atoms with Gasteiger partial charge in [-0.1, -0.05) is 32.9 Å². The van der Waals surface area contributed by atoms with Crippen LogP contribution in [-0.2, 0) is 14.8 Å². The van der Waals surface area contributed by atoms with E-state index in [0.717, 1.165) is 0 Å². The summed E-state index contributed by atoms with van der Waals surface area (Å²) < 4.78 is 34.9. The van der Waals surface area contributed by atoms with Crippen LogP contribution in [0.3, 0.4) is 0 Å². The molecule has 162 valence electrons. The van der Waals surface area contributed by atoms with Gasteiger partial charge < -0.3 is 14.5 Å². The summed E-state index contributed by atoms with van der Waals surface area (Å²) >= 11 is 0. The lowest BCUT2D eigenvalue weighted by molar-refractivity contribution is -0.139. The van der Waals surface area contributed by atoms with Crippen molar-refractivity contribution in [3.05, 3.63) is 24.3 Å². The number of para-hydroxylation sites is 1. The van der Waals surface area contributed by atoms with Crippen molar-refractivity contribution < 1.29 is 17.9 Å². The number of likely N-dealkylation sites (N-methyl/N-ethyl adjacent to an activating group) is 1. The molecule has 0 spiro atoms. The van der Waals surface area contributed by atoms with Gasteiger partial charge in [0.25, 0.3) is 0 Å². The van der Waals surface area contributed by atoms with Gasteiger partial charge in [0.2, 0.25) is 15.9 Å². The van der Waals surface area contributed by atoms with Crippen LogP contribution in [0.2, 0.25) is 0 Å². The van der Waals surface area contributed by atoms with E-state index in [9.17, 15) is 13.2 Å². The minimum Gasteiger partial charge on any atom is -0.487 e. The van der Waals surface area contributed by atoms with E-state index in [4.69, 9.17) is 4.74 Å². The Morgan fingerprint density at radius 2 is 1.83 bits per heavy atom. The van der Waals surface area contributed by atoms with E-state index < -0.39 is 15.4 Å². The van der Waals surface area contributed by atoms with Gasteiger partial charge in [-0.3, -0.25) is 4.79 Å². The molecule has 0 radical (unpaired) electrons. The lowest BCUT2D eigenvalue weighted by Crippen LogP contribution is -2.49. The first-order valence-corrected chi connectivity index (χ1v) is 11.7. The monoisotopic (exact) mass is 423 g/mol. The highest BCUT2D eigenvalue weighted by molar-refractivity contribution is 7.89. The maximum Gasteiger partial charge on any atom is 0.247 e. The third-order valence-electron chi connectivity index (χ3n) is 5.59. The number of rotatable bonds is 3. The zero-order chi connectivity index (χ0) is 21.4. The van der Waals surface area contributed by atoms with Crippen LogP contribution in [0, 0.1) is 5.41 Å². The molecule has 8 heteroatoms. The molecule has 7 nitrogen and oxygen atoms in total. The van der Waals surface area contributed by atoms with Crippen LogP contribution < -0.4 is 4.74 Å². The van der Waals surface area contributed by atoms with Gasteiger partial charge in [-0.05, 0) is 32.6 Å². The maximum absolute atomic E-state index is 13.5. The average Bonchev–Trinajstić information content (AvgIpc) is 2.87. The zero-order valence-electron chi connectivity index (χ0n) is 18.1. The number of nitrogens with zero attached hydrogens (tertiary/aromatic N) is 3. The molecule has 1 aromatic rings. The van der Waals surface area contributed by atoms with Crippen LogP contribution in [0.25, 0.3) is 0 Å². The van der Waals surface area contributed by atoms with Gasteiger partial charge in [0, 0.05) is 38.0 Å². The number of amides is 1. The van der Waals surface area contributed by atoms with Crippen LogP contribution in [0.4, 0.5) is 0 Å². The quantitative estimate of drug-likeness (QED) is 0.744. The molecule has 1 aromatic carbocycles.